The third-order valence-corrected chi connectivity index (χ3v) is 3.14. The normalized spacial score (nSPS) is 11.2. The van der Waals surface area contributed by atoms with Gasteiger partial charge in [0.2, 0.25) is 0 Å². The molecule has 0 unspecified atom stereocenters. The molecule has 0 atom stereocenters. The summed E-state index contributed by atoms with van der Waals surface area (Å²) >= 11 is 0. The molecule has 1 heteroatoms. The van der Waals surface area contributed by atoms with Crippen molar-refractivity contribution in [2.45, 2.75) is 20.3 Å². The van der Waals surface area contributed by atoms with E-state index in [0.717, 1.165) is 12.0 Å². The summed E-state index contributed by atoms with van der Waals surface area (Å²) in [6, 6.07) is 19.7. The summed E-state index contributed by atoms with van der Waals surface area (Å²) in [5.41, 5.74) is 1.62. The molecule has 18 heavy (non-hydrogen) atoms. The highest BCUT2D eigenvalue weighted by Gasteiger charge is 2.28. The van der Waals surface area contributed by atoms with Crippen molar-refractivity contribution >= 4 is 5.78 Å². The Balaban J connectivity index is 2.19. The highest BCUT2D eigenvalue weighted by Crippen LogP contribution is 2.26. The molecule has 0 bridgehead atoms. The molecule has 0 aliphatic heterocycles. The van der Waals surface area contributed by atoms with Crippen LogP contribution in [0.2, 0.25) is 0 Å². The number of carbonyl (C=O) groups excluding carboxylic acids is 1. The van der Waals surface area contributed by atoms with Crippen molar-refractivity contribution in [1.29, 1.82) is 0 Å². The molecular formula is C17H18O. The van der Waals surface area contributed by atoms with Crippen molar-refractivity contribution in [3.63, 3.8) is 0 Å². The minimum Gasteiger partial charge on any atom is -0.294 e. The van der Waals surface area contributed by atoms with E-state index in [1.54, 1.807) is 0 Å². The molecule has 1 nitrogen and oxygen atoms in total. The Morgan fingerprint density at radius 2 is 1.39 bits per heavy atom. The van der Waals surface area contributed by atoms with Gasteiger partial charge in [-0.25, -0.2) is 0 Å². The van der Waals surface area contributed by atoms with E-state index >= 15 is 0 Å². The van der Waals surface area contributed by atoms with Gasteiger partial charge in [0.1, 0.15) is 0 Å². The van der Waals surface area contributed by atoms with Crippen LogP contribution in [-0.2, 0) is 6.42 Å². The molecule has 2 aromatic carbocycles. The first kappa shape index (κ1) is 12.6. The third kappa shape index (κ3) is 2.86. The Kier molecular flexibility index (Phi) is 3.61. The minimum absolute atomic E-state index is 0.201. The van der Waals surface area contributed by atoms with Gasteiger partial charge in [-0.15, -0.1) is 0 Å². The maximum Gasteiger partial charge on any atom is 0.168 e. The molecule has 0 spiro atoms. The van der Waals surface area contributed by atoms with Crippen molar-refractivity contribution in [2.24, 2.45) is 5.41 Å². The second kappa shape index (κ2) is 5.18. The molecule has 0 N–H and O–H groups in total. The van der Waals surface area contributed by atoms with Gasteiger partial charge in [0.05, 0.1) is 0 Å². The summed E-state index contributed by atoms with van der Waals surface area (Å²) in [6.07, 6.45) is 0.765. The maximum absolute atomic E-state index is 12.5. The Labute approximate surface area is 108 Å². The van der Waals surface area contributed by atoms with Crippen LogP contribution in [-0.4, -0.2) is 5.78 Å². The average molecular weight is 238 g/mol. The van der Waals surface area contributed by atoms with Gasteiger partial charge in [-0.05, 0) is 12.0 Å². The number of rotatable bonds is 4. The monoisotopic (exact) mass is 238 g/mol. The van der Waals surface area contributed by atoms with E-state index in [2.05, 4.69) is 12.1 Å². The number of ketones is 1. The first-order chi connectivity index (χ1) is 8.59. The lowest BCUT2D eigenvalue weighted by atomic mass is 9.79. The van der Waals surface area contributed by atoms with Gasteiger partial charge >= 0.3 is 0 Å². The predicted octanol–water partition coefficient (Wildman–Crippen LogP) is 4.14. The Morgan fingerprint density at radius 3 is 1.94 bits per heavy atom. The molecule has 0 amide bonds. The largest absolute Gasteiger partial charge is 0.294 e. The fourth-order valence-corrected chi connectivity index (χ4v) is 2.17. The fraction of sp³-hybridized carbons (Fsp3) is 0.235. The second-order valence-corrected chi connectivity index (χ2v) is 5.24. The van der Waals surface area contributed by atoms with Crippen molar-refractivity contribution < 1.29 is 4.79 Å². The van der Waals surface area contributed by atoms with E-state index < -0.39 is 0 Å². The van der Waals surface area contributed by atoms with Crippen LogP contribution in [0.3, 0.4) is 0 Å². The van der Waals surface area contributed by atoms with Gasteiger partial charge in [0, 0.05) is 11.0 Å². The number of hydrogen-bond acceptors (Lipinski definition) is 1. The van der Waals surface area contributed by atoms with Crippen LogP contribution < -0.4 is 0 Å². The van der Waals surface area contributed by atoms with Gasteiger partial charge in [-0.1, -0.05) is 74.5 Å². The van der Waals surface area contributed by atoms with Crippen LogP contribution in [0.5, 0.6) is 0 Å². The van der Waals surface area contributed by atoms with E-state index in [9.17, 15) is 4.79 Å². The van der Waals surface area contributed by atoms with Gasteiger partial charge in [0.15, 0.2) is 5.78 Å². The Hall–Kier alpha value is -1.89. The van der Waals surface area contributed by atoms with Gasteiger partial charge < -0.3 is 0 Å². The molecule has 92 valence electrons. The second-order valence-electron chi connectivity index (χ2n) is 5.24. The molecule has 0 heterocycles. The first-order valence-electron chi connectivity index (χ1n) is 6.23. The molecular weight excluding hydrogens is 220 g/mol. The molecule has 2 aromatic rings. The fourth-order valence-electron chi connectivity index (χ4n) is 2.17. The van der Waals surface area contributed by atoms with Crippen LogP contribution in [0.25, 0.3) is 0 Å². The van der Waals surface area contributed by atoms with Crippen LogP contribution in [0.4, 0.5) is 0 Å². The zero-order valence-corrected chi connectivity index (χ0v) is 10.9. The standard InChI is InChI=1S/C17H18O/c1-17(2,13-14-9-5-3-6-10-14)16(18)15-11-7-4-8-12-15/h3-12H,13H2,1-2H3. The predicted molar refractivity (Wildman–Crippen MR) is 74.7 cm³/mol. The smallest absolute Gasteiger partial charge is 0.168 e. The van der Waals surface area contributed by atoms with Crippen molar-refractivity contribution in [3.8, 4) is 0 Å². The van der Waals surface area contributed by atoms with Crippen LogP contribution in [0, 0.1) is 5.41 Å². The van der Waals surface area contributed by atoms with Crippen LogP contribution in [0.1, 0.15) is 29.8 Å². The van der Waals surface area contributed by atoms with Gasteiger partial charge in [0.25, 0.3) is 0 Å². The number of hydrogen-bond donors (Lipinski definition) is 0. The highest BCUT2D eigenvalue weighted by molar-refractivity contribution is 6.00. The van der Waals surface area contributed by atoms with E-state index in [0.29, 0.717) is 0 Å². The van der Waals surface area contributed by atoms with E-state index in [1.165, 1.54) is 5.56 Å². The number of Topliss-reactive ketones (excluding diaryl/α,β-unsaturated/α-hetero) is 1. The summed E-state index contributed by atoms with van der Waals surface area (Å²) in [4.78, 5) is 12.5. The third-order valence-electron chi connectivity index (χ3n) is 3.14. The Bertz CT molecular complexity index is 512. The van der Waals surface area contributed by atoms with Gasteiger partial charge in [-0.3, -0.25) is 4.79 Å². The molecule has 0 aromatic heterocycles. The van der Waals surface area contributed by atoms with Crippen molar-refractivity contribution in [3.05, 3.63) is 71.8 Å². The number of carbonyl (C=O) groups is 1. The first-order valence-corrected chi connectivity index (χ1v) is 6.23. The molecule has 0 aliphatic rings. The molecule has 0 fully saturated rings. The Morgan fingerprint density at radius 1 is 0.889 bits per heavy atom. The SMILES string of the molecule is CC(C)(Cc1ccccc1)C(=O)c1ccccc1. The summed E-state index contributed by atoms with van der Waals surface area (Å²) in [6.45, 7) is 4.02. The maximum atomic E-state index is 12.5. The summed E-state index contributed by atoms with van der Waals surface area (Å²) < 4.78 is 0. The summed E-state index contributed by atoms with van der Waals surface area (Å²) in [5, 5.41) is 0. The molecule has 0 radical (unpaired) electrons. The zero-order valence-electron chi connectivity index (χ0n) is 10.9. The quantitative estimate of drug-likeness (QED) is 0.732. The summed E-state index contributed by atoms with van der Waals surface area (Å²) in [7, 11) is 0. The molecule has 0 aliphatic carbocycles. The summed E-state index contributed by atoms with van der Waals surface area (Å²) in [5.74, 6) is 0.201. The van der Waals surface area contributed by atoms with Crippen molar-refractivity contribution in [1.82, 2.24) is 0 Å². The van der Waals surface area contributed by atoms with Crippen molar-refractivity contribution in [2.75, 3.05) is 0 Å². The van der Waals surface area contributed by atoms with E-state index in [4.69, 9.17) is 0 Å². The topological polar surface area (TPSA) is 17.1 Å². The van der Waals surface area contributed by atoms with Crippen LogP contribution in [0.15, 0.2) is 60.7 Å². The average Bonchev–Trinajstić information content (AvgIpc) is 2.39. The zero-order chi connectivity index (χ0) is 13.0. The van der Waals surface area contributed by atoms with Gasteiger partial charge in [-0.2, -0.15) is 0 Å². The highest BCUT2D eigenvalue weighted by atomic mass is 16.1. The number of benzene rings is 2. The minimum atomic E-state index is -0.372. The molecule has 0 saturated heterocycles. The lowest BCUT2D eigenvalue weighted by Crippen LogP contribution is -2.26. The van der Waals surface area contributed by atoms with E-state index in [-0.39, 0.29) is 11.2 Å². The molecule has 2 rings (SSSR count). The van der Waals surface area contributed by atoms with Crippen LogP contribution >= 0.6 is 0 Å². The molecule has 0 saturated carbocycles. The lowest BCUT2D eigenvalue weighted by molar-refractivity contribution is 0.0837. The lowest BCUT2D eigenvalue weighted by Gasteiger charge is -2.23. The van der Waals surface area contributed by atoms with E-state index in [1.807, 2.05) is 62.4 Å².